The Hall–Kier alpha value is -2.39. The van der Waals surface area contributed by atoms with E-state index in [2.05, 4.69) is 39.9 Å². The first kappa shape index (κ1) is 27.2. The molecule has 1 aromatic rings. The van der Waals surface area contributed by atoms with Gasteiger partial charge in [0.25, 0.3) is 15.9 Å². The Morgan fingerprint density at radius 3 is 2.31 bits per heavy atom. The quantitative estimate of drug-likeness (QED) is 0.592. The van der Waals surface area contributed by atoms with E-state index in [-0.39, 0.29) is 28.2 Å². The number of primary amides is 1. The third kappa shape index (κ3) is 6.25. The Labute approximate surface area is 210 Å². The highest BCUT2D eigenvalue weighted by molar-refractivity contribution is 7.89. The fraction of sp³-hybridized carbons (Fsp3) is 0.615. The Morgan fingerprint density at radius 1 is 1.14 bits per heavy atom. The molecule has 9 heteroatoms. The maximum atomic E-state index is 13.7. The van der Waals surface area contributed by atoms with Crippen LogP contribution in [0.25, 0.3) is 0 Å². The van der Waals surface area contributed by atoms with Gasteiger partial charge < -0.3 is 16.0 Å². The summed E-state index contributed by atoms with van der Waals surface area (Å²) in [7, 11) is -4.04. The van der Waals surface area contributed by atoms with Crippen LogP contribution in [0.2, 0.25) is 0 Å². The molecule has 35 heavy (non-hydrogen) atoms. The molecule has 1 aliphatic heterocycles. The fourth-order valence-electron chi connectivity index (χ4n) is 5.06. The summed E-state index contributed by atoms with van der Waals surface area (Å²) < 4.78 is 27.8. The third-order valence-electron chi connectivity index (χ3n) is 6.93. The van der Waals surface area contributed by atoms with Crippen LogP contribution in [-0.4, -0.2) is 54.1 Å². The van der Waals surface area contributed by atoms with Gasteiger partial charge in [-0.1, -0.05) is 52.3 Å². The number of nitrogens with two attached hydrogens (primary N) is 1. The van der Waals surface area contributed by atoms with Crippen molar-refractivity contribution in [3.05, 3.63) is 42.2 Å². The predicted molar refractivity (Wildman–Crippen MR) is 136 cm³/mol. The molecular weight excluding hydrogens is 464 g/mol. The Kier molecular flexibility index (Phi) is 7.72. The maximum Gasteiger partial charge on any atom is 0.264 e. The van der Waals surface area contributed by atoms with E-state index in [1.165, 1.54) is 18.3 Å². The molecular formula is C26H40N4O4S. The van der Waals surface area contributed by atoms with Gasteiger partial charge in [-0.3, -0.25) is 13.9 Å². The lowest BCUT2D eigenvalue weighted by atomic mass is 9.70. The van der Waals surface area contributed by atoms with Crippen molar-refractivity contribution in [2.75, 3.05) is 6.54 Å². The minimum atomic E-state index is -4.04. The number of aryl methyl sites for hydroxylation is 1. The van der Waals surface area contributed by atoms with Crippen molar-refractivity contribution in [1.29, 1.82) is 0 Å². The van der Waals surface area contributed by atoms with E-state index in [9.17, 15) is 18.0 Å². The molecule has 194 valence electrons. The zero-order chi connectivity index (χ0) is 26.2. The molecule has 3 atom stereocenters. The van der Waals surface area contributed by atoms with Crippen molar-refractivity contribution in [2.24, 2.45) is 16.6 Å². The number of nitrogens with one attached hydrogen (secondary N) is 1. The van der Waals surface area contributed by atoms with E-state index in [1.807, 2.05) is 6.92 Å². The Morgan fingerprint density at radius 2 is 1.77 bits per heavy atom. The third-order valence-corrected chi connectivity index (χ3v) is 8.73. The summed E-state index contributed by atoms with van der Waals surface area (Å²) in [5.41, 5.74) is 6.35. The molecule has 1 fully saturated rings. The number of sulfonamides is 1. The zero-order valence-electron chi connectivity index (χ0n) is 21.7. The maximum absolute atomic E-state index is 13.7. The van der Waals surface area contributed by atoms with E-state index in [0.29, 0.717) is 6.04 Å². The first-order valence-corrected chi connectivity index (χ1v) is 13.7. The summed E-state index contributed by atoms with van der Waals surface area (Å²) >= 11 is 0. The van der Waals surface area contributed by atoms with Crippen LogP contribution >= 0.6 is 0 Å². The number of hydrogen-bond donors (Lipinski definition) is 2. The van der Waals surface area contributed by atoms with Crippen molar-refractivity contribution in [3.63, 3.8) is 0 Å². The van der Waals surface area contributed by atoms with Crippen LogP contribution in [0, 0.1) is 17.8 Å². The summed E-state index contributed by atoms with van der Waals surface area (Å²) in [6, 6.07) is 5.44. The molecule has 2 amide bonds. The molecule has 0 aromatic heterocycles. The van der Waals surface area contributed by atoms with Crippen molar-refractivity contribution in [2.45, 2.75) is 90.2 Å². The number of benzene rings is 1. The van der Waals surface area contributed by atoms with E-state index in [4.69, 9.17) is 5.73 Å². The molecule has 2 aliphatic rings. The molecule has 3 rings (SSSR count). The molecule has 1 heterocycles. The van der Waals surface area contributed by atoms with E-state index < -0.39 is 27.9 Å². The van der Waals surface area contributed by atoms with Crippen LogP contribution in [0.15, 0.2) is 41.6 Å². The van der Waals surface area contributed by atoms with Gasteiger partial charge in [0, 0.05) is 31.0 Å². The molecule has 0 saturated heterocycles. The minimum absolute atomic E-state index is 0.0641. The lowest BCUT2D eigenvalue weighted by Gasteiger charge is -2.49. The standard InChI is InChI=1S/C26H40N4O4S/c1-18-7-10-20(11-8-18)35(33,34)30-14-13-29(24(32)21(30)15-23(27)31)22-12-9-19(16-26(22,5)6)28-17-25(2,3)4/h7-8,10-11,13-14,19,21-22,28H,9,12,15-17H2,1-6H3,(H2,27,31)/t19-,21-,22+/m1/s1. The fourth-order valence-corrected chi connectivity index (χ4v) is 6.50. The summed E-state index contributed by atoms with van der Waals surface area (Å²) in [6.07, 6.45) is 5.16. The minimum Gasteiger partial charge on any atom is -0.370 e. The van der Waals surface area contributed by atoms with Gasteiger partial charge in [-0.2, -0.15) is 0 Å². The van der Waals surface area contributed by atoms with Crippen molar-refractivity contribution >= 4 is 21.8 Å². The molecule has 1 aliphatic carbocycles. The molecule has 0 spiro atoms. The highest BCUT2D eigenvalue weighted by Gasteiger charge is 2.46. The second-order valence-electron chi connectivity index (χ2n) is 11.8. The Balaban J connectivity index is 1.87. The second-order valence-corrected chi connectivity index (χ2v) is 13.6. The predicted octanol–water partition coefficient (Wildman–Crippen LogP) is 3.13. The molecule has 1 saturated carbocycles. The van der Waals surface area contributed by atoms with Gasteiger partial charge >= 0.3 is 0 Å². The average Bonchev–Trinajstić information content (AvgIpc) is 2.73. The lowest BCUT2D eigenvalue weighted by Crippen LogP contribution is -2.59. The normalized spacial score (nSPS) is 25.1. The van der Waals surface area contributed by atoms with Gasteiger partial charge in [-0.25, -0.2) is 8.42 Å². The highest BCUT2D eigenvalue weighted by Crippen LogP contribution is 2.41. The van der Waals surface area contributed by atoms with Gasteiger partial charge in [0.1, 0.15) is 6.04 Å². The van der Waals surface area contributed by atoms with Gasteiger partial charge in [-0.05, 0) is 49.1 Å². The smallest absolute Gasteiger partial charge is 0.264 e. The summed E-state index contributed by atoms with van der Waals surface area (Å²) in [5.74, 6) is -1.14. The summed E-state index contributed by atoms with van der Waals surface area (Å²) in [5, 5.41) is 3.67. The SMILES string of the molecule is Cc1ccc(S(=O)(=O)N2C=CN([C@H]3CC[C@@H](NCC(C)(C)C)CC3(C)C)C(=O)[C@H]2CC(N)=O)cc1. The van der Waals surface area contributed by atoms with E-state index in [1.54, 1.807) is 23.2 Å². The average molecular weight is 505 g/mol. The topological polar surface area (TPSA) is 113 Å². The largest absolute Gasteiger partial charge is 0.370 e. The monoisotopic (exact) mass is 504 g/mol. The summed E-state index contributed by atoms with van der Waals surface area (Å²) in [6.45, 7) is 13.7. The van der Waals surface area contributed by atoms with Crippen molar-refractivity contribution < 1.29 is 18.0 Å². The lowest BCUT2D eigenvalue weighted by molar-refractivity contribution is -0.140. The van der Waals surface area contributed by atoms with E-state index >= 15 is 0 Å². The molecule has 1 aromatic carbocycles. The van der Waals surface area contributed by atoms with Gasteiger partial charge in [0.05, 0.1) is 11.3 Å². The number of carbonyl (C=O) groups is 2. The van der Waals surface area contributed by atoms with Crippen LogP contribution in [0.3, 0.4) is 0 Å². The first-order chi connectivity index (χ1) is 16.1. The van der Waals surface area contributed by atoms with Gasteiger partial charge in [0.15, 0.2) is 0 Å². The van der Waals surface area contributed by atoms with Crippen LogP contribution in [0.1, 0.15) is 65.9 Å². The number of amides is 2. The van der Waals surface area contributed by atoms with Gasteiger partial charge in [0.2, 0.25) is 5.91 Å². The molecule has 0 bridgehead atoms. The number of carbonyl (C=O) groups excluding carboxylic acids is 2. The number of rotatable bonds is 7. The number of nitrogens with zero attached hydrogens (tertiary/aromatic N) is 2. The van der Waals surface area contributed by atoms with Crippen LogP contribution in [0.5, 0.6) is 0 Å². The molecule has 8 nitrogen and oxygen atoms in total. The highest BCUT2D eigenvalue weighted by atomic mass is 32.2. The van der Waals surface area contributed by atoms with Gasteiger partial charge in [-0.15, -0.1) is 0 Å². The molecule has 0 unspecified atom stereocenters. The van der Waals surface area contributed by atoms with Crippen molar-refractivity contribution in [3.8, 4) is 0 Å². The van der Waals surface area contributed by atoms with Crippen LogP contribution in [0.4, 0.5) is 0 Å². The Bertz CT molecular complexity index is 1070. The van der Waals surface area contributed by atoms with Crippen LogP contribution in [-0.2, 0) is 19.6 Å². The second kappa shape index (κ2) is 9.93. The van der Waals surface area contributed by atoms with E-state index in [0.717, 1.165) is 35.7 Å². The zero-order valence-corrected chi connectivity index (χ0v) is 22.6. The first-order valence-electron chi connectivity index (χ1n) is 12.2. The molecule has 3 N–H and O–H groups in total. The number of hydrogen-bond acceptors (Lipinski definition) is 5. The molecule has 0 radical (unpaired) electrons. The van der Waals surface area contributed by atoms with Crippen molar-refractivity contribution in [1.82, 2.24) is 14.5 Å². The summed E-state index contributed by atoms with van der Waals surface area (Å²) in [4.78, 5) is 27.2. The van der Waals surface area contributed by atoms with Crippen LogP contribution < -0.4 is 11.1 Å².